The standard InChI is InChI=1S/C12H16Br2N2O/c1-2-17-10-4-9(5-10)15-7-12-11(14)3-8(13)6-16-12/h3,6,9-10,15H,2,4-5,7H2,1H3. The minimum absolute atomic E-state index is 0.457. The molecule has 0 bridgehead atoms. The van der Waals surface area contributed by atoms with Crippen LogP contribution in [0.3, 0.4) is 0 Å². The van der Waals surface area contributed by atoms with Gasteiger partial charge < -0.3 is 10.1 Å². The highest BCUT2D eigenvalue weighted by Gasteiger charge is 2.28. The van der Waals surface area contributed by atoms with Crippen LogP contribution >= 0.6 is 31.9 Å². The number of halogens is 2. The molecule has 0 amide bonds. The second-order valence-corrected chi connectivity index (χ2v) is 5.98. The van der Waals surface area contributed by atoms with E-state index in [4.69, 9.17) is 4.74 Å². The summed E-state index contributed by atoms with van der Waals surface area (Å²) in [5.41, 5.74) is 1.05. The first-order valence-corrected chi connectivity index (χ1v) is 7.42. The van der Waals surface area contributed by atoms with E-state index in [1.807, 2.05) is 19.2 Å². The van der Waals surface area contributed by atoms with Crippen LogP contribution in [-0.4, -0.2) is 23.7 Å². The Balaban J connectivity index is 1.76. The van der Waals surface area contributed by atoms with E-state index in [1.165, 1.54) is 0 Å². The van der Waals surface area contributed by atoms with Gasteiger partial charge in [0, 0.05) is 34.3 Å². The van der Waals surface area contributed by atoms with Crippen molar-refractivity contribution in [2.75, 3.05) is 6.61 Å². The van der Waals surface area contributed by atoms with Crippen molar-refractivity contribution in [2.45, 2.75) is 38.5 Å². The number of rotatable bonds is 5. The molecule has 17 heavy (non-hydrogen) atoms. The van der Waals surface area contributed by atoms with Gasteiger partial charge in [-0.05, 0) is 57.7 Å². The maximum atomic E-state index is 5.53. The van der Waals surface area contributed by atoms with Crippen LogP contribution in [0.1, 0.15) is 25.5 Å². The zero-order valence-corrected chi connectivity index (χ0v) is 12.9. The molecule has 1 aliphatic rings. The van der Waals surface area contributed by atoms with Gasteiger partial charge in [0.1, 0.15) is 0 Å². The summed E-state index contributed by atoms with van der Waals surface area (Å²) in [5, 5.41) is 3.50. The summed E-state index contributed by atoms with van der Waals surface area (Å²) in [4.78, 5) is 4.38. The molecule has 0 aliphatic heterocycles. The van der Waals surface area contributed by atoms with Crippen LogP contribution in [-0.2, 0) is 11.3 Å². The lowest BCUT2D eigenvalue weighted by Crippen LogP contribution is -2.45. The second-order valence-electron chi connectivity index (χ2n) is 4.21. The van der Waals surface area contributed by atoms with Gasteiger partial charge in [0.05, 0.1) is 11.8 Å². The van der Waals surface area contributed by atoms with Crippen molar-refractivity contribution in [1.29, 1.82) is 0 Å². The number of aromatic nitrogens is 1. The van der Waals surface area contributed by atoms with Crippen molar-refractivity contribution in [3.8, 4) is 0 Å². The molecule has 1 N–H and O–H groups in total. The Bertz CT molecular complexity index is 381. The number of pyridine rings is 1. The van der Waals surface area contributed by atoms with E-state index in [9.17, 15) is 0 Å². The van der Waals surface area contributed by atoms with Crippen LogP contribution < -0.4 is 5.32 Å². The van der Waals surface area contributed by atoms with Crippen LogP contribution in [0.4, 0.5) is 0 Å². The number of hydrogen-bond acceptors (Lipinski definition) is 3. The largest absolute Gasteiger partial charge is 0.378 e. The first-order chi connectivity index (χ1) is 8.19. The summed E-state index contributed by atoms with van der Waals surface area (Å²) in [6.07, 6.45) is 4.51. The lowest BCUT2D eigenvalue weighted by molar-refractivity contribution is -0.0103. The molecule has 0 radical (unpaired) electrons. The smallest absolute Gasteiger partial charge is 0.0684 e. The number of ether oxygens (including phenoxy) is 1. The minimum atomic E-state index is 0.457. The summed E-state index contributed by atoms with van der Waals surface area (Å²) in [6, 6.07) is 2.59. The third-order valence-electron chi connectivity index (χ3n) is 2.94. The molecule has 5 heteroatoms. The molecule has 1 aromatic heterocycles. The summed E-state index contributed by atoms with van der Waals surface area (Å²) in [7, 11) is 0. The fourth-order valence-electron chi connectivity index (χ4n) is 1.92. The molecule has 1 heterocycles. The van der Waals surface area contributed by atoms with Gasteiger partial charge in [-0.15, -0.1) is 0 Å². The zero-order chi connectivity index (χ0) is 12.3. The molecule has 1 aliphatic carbocycles. The summed E-state index contributed by atoms with van der Waals surface area (Å²) < 4.78 is 7.56. The molecule has 94 valence electrons. The van der Waals surface area contributed by atoms with Gasteiger partial charge in [0.15, 0.2) is 0 Å². The molecule has 0 spiro atoms. The highest BCUT2D eigenvalue weighted by molar-refractivity contribution is 9.11. The molecule has 2 rings (SSSR count). The fourth-order valence-corrected chi connectivity index (χ4v) is 3.05. The molecule has 0 aromatic carbocycles. The minimum Gasteiger partial charge on any atom is -0.378 e. The normalized spacial score (nSPS) is 23.5. The predicted octanol–water partition coefficient (Wildman–Crippen LogP) is 3.26. The van der Waals surface area contributed by atoms with E-state index in [2.05, 4.69) is 42.2 Å². The molecular weight excluding hydrogens is 348 g/mol. The Labute approximate surface area is 119 Å². The van der Waals surface area contributed by atoms with Gasteiger partial charge in [-0.25, -0.2) is 0 Å². The molecule has 0 unspecified atom stereocenters. The molecule has 3 nitrogen and oxygen atoms in total. The van der Waals surface area contributed by atoms with Crippen LogP contribution in [0.5, 0.6) is 0 Å². The van der Waals surface area contributed by atoms with E-state index in [0.29, 0.717) is 12.1 Å². The Morgan fingerprint density at radius 2 is 2.24 bits per heavy atom. The van der Waals surface area contributed by atoms with Gasteiger partial charge >= 0.3 is 0 Å². The van der Waals surface area contributed by atoms with Crippen LogP contribution in [0.2, 0.25) is 0 Å². The van der Waals surface area contributed by atoms with Crippen LogP contribution in [0.25, 0.3) is 0 Å². The van der Waals surface area contributed by atoms with Crippen LogP contribution in [0, 0.1) is 0 Å². The van der Waals surface area contributed by atoms with Crippen LogP contribution in [0.15, 0.2) is 21.2 Å². The predicted molar refractivity (Wildman–Crippen MR) is 74.9 cm³/mol. The lowest BCUT2D eigenvalue weighted by Gasteiger charge is -2.35. The third kappa shape index (κ3) is 3.74. The van der Waals surface area contributed by atoms with E-state index < -0.39 is 0 Å². The molecule has 1 fully saturated rings. The molecule has 1 saturated carbocycles. The first kappa shape index (κ1) is 13.5. The van der Waals surface area contributed by atoms with Crippen molar-refractivity contribution in [1.82, 2.24) is 10.3 Å². The second kappa shape index (κ2) is 6.27. The Morgan fingerprint density at radius 1 is 1.47 bits per heavy atom. The fraction of sp³-hybridized carbons (Fsp3) is 0.583. The summed E-state index contributed by atoms with van der Waals surface area (Å²) in [6.45, 7) is 3.66. The van der Waals surface area contributed by atoms with Crippen molar-refractivity contribution in [3.63, 3.8) is 0 Å². The monoisotopic (exact) mass is 362 g/mol. The van der Waals surface area contributed by atoms with Gasteiger partial charge in [-0.2, -0.15) is 0 Å². The highest BCUT2D eigenvalue weighted by Crippen LogP contribution is 2.24. The molecular formula is C12H16Br2N2O. The Hall–Kier alpha value is 0.0300. The number of nitrogens with one attached hydrogen (secondary N) is 1. The van der Waals surface area contributed by atoms with Gasteiger partial charge in [0.2, 0.25) is 0 Å². The number of hydrogen-bond donors (Lipinski definition) is 1. The van der Waals surface area contributed by atoms with E-state index in [0.717, 1.165) is 40.6 Å². The van der Waals surface area contributed by atoms with Crippen molar-refractivity contribution < 1.29 is 4.74 Å². The Morgan fingerprint density at radius 3 is 2.88 bits per heavy atom. The first-order valence-electron chi connectivity index (χ1n) is 5.84. The van der Waals surface area contributed by atoms with Crippen molar-refractivity contribution in [2.24, 2.45) is 0 Å². The average molecular weight is 364 g/mol. The quantitative estimate of drug-likeness (QED) is 0.871. The average Bonchev–Trinajstić information content (AvgIpc) is 2.23. The van der Waals surface area contributed by atoms with E-state index in [-0.39, 0.29) is 0 Å². The Kier molecular flexibility index (Phi) is 4.97. The maximum Gasteiger partial charge on any atom is 0.0684 e. The summed E-state index contributed by atoms with van der Waals surface area (Å²) >= 11 is 6.91. The van der Waals surface area contributed by atoms with Crippen molar-refractivity contribution >= 4 is 31.9 Å². The maximum absolute atomic E-state index is 5.53. The molecule has 1 aromatic rings. The van der Waals surface area contributed by atoms with Gasteiger partial charge in [0.25, 0.3) is 0 Å². The molecule has 0 atom stereocenters. The molecule has 0 saturated heterocycles. The van der Waals surface area contributed by atoms with Gasteiger partial charge in [-0.1, -0.05) is 0 Å². The summed E-state index contributed by atoms with van der Waals surface area (Å²) in [5.74, 6) is 0. The topological polar surface area (TPSA) is 34.1 Å². The van der Waals surface area contributed by atoms with E-state index >= 15 is 0 Å². The number of nitrogens with zero attached hydrogens (tertiary/aromatic N) is 1. The SMILES string of the molecule is CCOC1CC(NCc2ncc(Br)cc2Br)C1. The van der Waals surface area contributed by atoms with Crippen molar-refractivity contribution in [3.05, 3.63) is 26.9 Å². The third-order valence-corrected chi connectivity index (χ3v) is 4.06. The highest BCUT2D eigenvalue weighted by atomic mass is 79.9. The van der Waals surface area contributed by atoms with E-state index in [1.54, 1.807) is 0 Å². The lowest BCUT2D eigenvalue weighted by atomic mass is 9.89. The zero-order valence-electron chi connectivity index (χ0n) is 9.75. The van der Waals surface area contributed by atoms with Gasteiger partial charge in [-0.3, -0.25) is 4.98 Å².